The van der Waals surface area contributed by atoms with Crippen LogP contribution in [-0.2, 0) is 10.3 Å². The molecular weight excluding hydrogens is 232 g/mol. The molecule has 17 heavy (non-hydrogen) atoms. The van der Waals surface area contributed by atoms with Crippen LogP contribution in [0.1, 0.15) is 11.1 Å². The molecule has 2 aromatic rings. The van der Waals surface area contributed by atoms with Gasteiger partial charge in [0.2, 0.25) is 0 Å². The van der Waals surface area contributed by atoms with Crippen molar-refractivity contribution in [3.8, 4) is 0 Å². The molecule has 0 aliphatic heterocycles. The lowest BCUT2D eigenvalue weighted by atomic mass is 9.88. The van der Waals surface area contributed by atoms with E-state index in [0.29, 0.717) is 5.88 Å². The summed E-state index contributed by atoms with van der Waals surface area (Å²) in [6.45, 7) is 0. The van der Waals surface area contributed by atoms with Gasteiger partial charge < -0.3 is 4.74 Å². The van der Waals surface area contributed by atoms with Crippen LogP contribution in [0.4, 0.5) is 0 Å². The molecule has 1 nitrogen and oxygen atoms in total. The largest absolute Gasteiger partial charge is 0.368 e. The molecule has 0 aliphatic rings. The molecule has 88 valence electrons. The Morgan fingerprint density at radius 3 is 1.59 bits per heavy atom. The van der Waals surface area contributed by atoms with Crippen LogP contribution in [0.3, 0.4) is 0 Å². The fourth-order valence-electron chi connectivity index (χ4n) is 2.03. The minimum absolute atomic E-state index is 0.386. The number of hydrogen-bond acceptors (Lipinski definition) is 1. The van der Waals surface area contributed by atoms with Crippen molar-refractivity contribution in [1.29, 1.82) is 0 Å². The van der Waals surface area contributed by atoms with Gasteiger partial charge in [-0.15, -0.1) is 11.6 Å². The van der Waals surface area contributed by atoms with Crippen LogP contribution >= 0.6 is 11.6 Å². The molecule has 0 N–H and O–H groups in total. The van der Waals surface area contributed by atoms with Crippen LogP contribution in [0.25, 0.3) is 0 Å². The summed E-state index contributed by atoms with van der Waals surface area (Å²) in [5, 5.41) is 0. The van der Waals surface area contributed by atoms with Crippen LogP contribution in [0.15, 0.2) is 60.7 Å². The van der Waals surface area contributed by atoms with E-state index in [1.807, 2.05) is 60.7 Å². The zero-order valence-electron chi connectivity index (χ0n) is 9.77. The third kappa shape index (κ3) is 2.21. The van der Waals surface area contributed by atoms with Crippen molar-refractivity contribution in [2.24, 2.45) is 0 Å². The topological polar surface area (TPSA) is 9.23 Å². The molecule has 2 heteroatoms. The molecule has 0 unspecified atom stereocenters. The Morgan fingerprint density at radius 2 is 1.29 bits per heavy atom. The normalized spacial score (nSPS) is 11.4. The fraction of sp³-hybridized carbons (Fsp3) is 0.200. The Kier molecular flexibility index (Phi) is 3.82. The highest BCUT2D eigenvalue weighted by Crippen LogP contribution is 2.34. The Labute approximate surface area is 107 Å². The van der Waals surface area contributed by atoms with Crippen molar-refractivity contribution >= 4 is 11.6 Å². The molecule has 0 aromatic heterocycles. The van der Waals surface area contributed by atoms with E-state index >= 15 is 0 Å². The fourth-order valence-corrected chi connectivity index (χ4v) is 2.44. The van der Waals surface area contributed by atoms with Crippen LogP contribution in [-0.4, -0.2) is 13.0 Å². The summed E-state index contributed by atoms with van der Waals surface area (Å²) in [6.07, 6.45) is 0. The van der Waals surface area contributed by atoms with E-state index in [2.05, 4.69) is 0 Å². The van der Waals surface area contributed by atoms with E-state index in [0.717, 1.165) is 11.1 Å². The molecule has 0 spiro atoms. The number of halogens is 1. The molecular formula is C15H15ClO. The van der Waals surface area contributed by atoms with Crippen molar-refractivity contribution < 1.29 is 4.74 Å². The standard InChI is InChI=1S/C15H15ClO/c1-17-15(12-16,13-8-4-2-5-9-13)14-10-6-3-7-11-14/h2-11H,12H2,1H3. The number of methoxy groups -OCH3 is 1. The van der Waals surface area contributed by atoms with Crippen LogP contribution in [0, 0.1) is 0 Å². The molecule has 0 radical (unpaired) electrons. The van der Waals surface area contributed by atoms with Gasteiger partial charge in [0.15, 0.2) is 0 Å². The molecule has 0 aliphatic carbocycles. The van der Waals surface area contributed by atoms with E-state index in [1.54, 1.807) is 7.11 Å². The molecule has 0 atom stereocenters. The summed E-state index contributed by atoms with van der Waals surface area (Å²) < 4.78 is 5.73. The molecule has 2 rings (SSSR count). The molecule has 0 saturated carbocycles. The molecule has 0 amide bonds. The maximum atomic E-state index is 6.17. The zero-order chi connectivity index (χ0) is 12.1. The van der Waals surface area contributed by atoms with Crippen LogP contribution in [0.5, 0.6) is 0 Å². The van der Waals surface area contributed by atoms with Gasteiger partial charge in [-0.05, 0) is 11.1 Å². The van der Waals surface area contributed by atoms with Gasteiger partial charge in [-0.2, -0.15) is 0 Å². The number of rotatable bonds is 4. The van der Waals surface area contributed by atoms with E-state index in [-0.39, 0.29) is 0 Å². The highest BCUT2D eigenvalue weighted by atomic mass is 35.5. The maximum Gasteiger partial charge on any atom is 0.131 e. The van der Waals surface area contributed by atoms with E-state index in [1.165, 1.54) is 0 Å². The van der Waals surface area contributed by atoms with Crippen molar-refractivity contribution in [2.45, 2.75) is 5.60 Å². The van der Waals surface area contributed by atoms with E-state index in [9.17, 15) is 0 Å². The molecule has 0 heterocycles. The van der Waals surface area contributed by atoms with Crippen LogP contribution < -0.4 is 0 Å². The second-order valence-electron chi connectivity index (χ2n) is 3.90. The number of hydrogen-bond donors (Lipinski definition) is 0. The molecule has 0 fully saturated rings. The molecule has 0 bridgehead atoms. The van der Waals surface area contributed by atoms with Gasteiger partial charge in [-0.25, -0.2) is 0 Å². The predicted octanol–water partition coefficient (Wildman–Crippen LogP) is 3.82. The smallest absolute Gasteiger partial charge is 0.131 e. The predicted molar refractivity (Wildman–Crippen MR) is 71.4 cm³/mol. The summed E-state index contributed by atoms with van der Waals surface area (Å²) >= 11 is 6.17. The van der Waals surface area contributed by atoms with Gasteiger partial charge in [0.25, 0.3) is 0 Å². The lowest BCUT2D eigenvalue weighted by Crippen LogP contribution is -2.32. The second-order valence-corrected chi connectivity index (χ2v) is 4.16. The van der Waals surface area contributed by atoms with Crippen molar-refractivity contribution in [2.75, 3.05) is 13.0 Å². The average Bonchev–Trinajstić information content (AvgIpc) is 2.43. The summed E-state index contributed by atoms with van der Waals surface area (Å²) in [6, 6.07) is 20.1. The maximum absolute atomic E-state index is 6.17. The summed E-state index contributed by atoms with van der Waals surface area (Å²) in [7, 11) is 1.70. The summed E-state index contributed by atoms with van der Waals surface area (Å²) in [4.78, 5) is 0. The highest BCUT2D eigenvalue weighted by Gasteiger charge is 2.33. The Hall–Kier alpha value is -1.31. The third-order valence-electron chi connectivity index (χ3n) is 3.02. The first-order chi connectivity index (χ1) is 8.33. The summed E-state index contributed by atoms with van der Waals surface area (Å²) in [5.41, 5.74) is 1.58. The van der Waals surface area contributed by atoms with Crippen molar-refractivity contribution in [3.63, 3.8) is 0 Å². The van der Waals surface area contributed by atoms with Gasteiger partial charge >= 0.3 is 0 Å². The lowest BCUT2D eigenvalue weighted by Gasteiger charge is -2.31. The SMILES string of the molecule is COC(CCl)(c1ccccc1)c1ccccc1. The first-order valence-corrected chi connectivity index (χ1v) is 6.09. The summed E-state index contributed by atoms with van der Waals surface area (Å²) in [5.74, 6) is 0.386. The van der Waals surface area contributed by atoms with E-state index < -0.39 is 5.60 Å². The number of ether oxygens (including phenoxy) is 1. The van der Waals surface area contributed by atoms with E-state index in [4.69, 9.17) is 16.3 Å². The molecule has 2 aromatic carbocycles. The third-order valence-corrected chi connectivity index (χ3v) is 3.39. The molecule has 0 saturated heterocycles. The van der Waals surface area contributed by atoms with Gasteiger partial charge in [-0.1, -0.05) is 60.7 Å². The first kappa shape index (κ1) is 12.2. The quantitative estimate of drug-likeness (QED) is 0.746. The van der Waals surface area contributed by atoms with Gasteiger partial charge in [0.1, 0.15) is 5.60 Å². The van der Waals surface area contributed by atoms with Crippen molar-refractivity contribution in [3.05, 3.63) is 71.8 Å². The van der Waals surface area contributed by atoms with Crippen molar-refractivity contribution in [1.82, 2.24) is 0 Å². The minimum Gasteiger partial charge on any atom is -0.368 e. The van der Waals surface area contributed by atoms with Gasteiger partial charge in [0, 0.05) is 7.11 Å². The zero-order valence-corrected chi connectivity index (χ0v) is 10.5. The van der Waals surface area contributed by atoms with Crippen LogP contribution in [0.2, 0.25) is 0 Å². The lowest BCUT2D eigenvalue weighted by molar-refractivity contribution is 0.0423. The number of alkyl halides is 1. The number of benzene rings is 2. The average molecular weight is 247 g/mol. The van der Waals surface area contributed by atoms with Gasteiger partial charge in [-0.3, -0.25) is 0 Å². The first-order valence-electron chi connectivity index (χ1n) is 5.55. The Balaban J connectivity index is 2.54. The Morgan fingerprint density at radius 1 is 0.882 bits per heavy atom. The Bertz CT molecular complexity index is 407. The second kappa shape index (κ2) is 5.35. The van der Waals surface area contributed by atoms with Gasteiger partial charge in [0.05, 0.1) is 5.88 Å². The highest BCUT2D eigenvalue weighted by molar-refractivity contribution is 6.18. The minimum atomic E-state index is -0.565. The monoisotopic (exact) mass is 246 g/mol.